The van der Waals surface area contributed by atoms with E-state index < -0.39 is 23.1 Å². The predicted octanol–water partition coefficient (Wildman–Crippen LogP) is 2.60. The Balaban J connectivity index is 2.25. The minimum Gasteiger partial charge on any atom is -0.305 e. The lowest BCUT2D eigenvalue weighted by molar-refractivity contribution is 0.235. The Morgan fingerprint density at radius 2 is 1.84 bits per heavy atom. The number of nitrogens with zero attached hydrogens (tertiary/aromatic N) is 4. The molecule has 1 aliphatic heterocycles. The molecular formula is C19H16FN5. The fourth-order valence-corrected chi connectivity index (χ4v) is 4.00. The first kappa shape index (κ1) is 16.8. The van der Waals surface area contributed by atoms with Crippen LogP contribution in [-0.4, -0.2) is 30.7 Å². The van der Waals surface area contributed by atoms with E-state index >= 15 is 0 Å². The smallest absolute Gasteiger partial charge is 0.189 e. The normalized spacial score (nSPS) is 28.0. The third-order valence-corrected chi connectivity index (χ3v) is 5.20. The third-order valence-electron chi connectivity index (χ3n) is 5.20. The monoisotopic (exact) mass is 333 g/mol. The first-order valence-electron chi connectivity index (χ1n) is 7.93. The second kappa shape index (κ2) is 6.13. The van der Waals surface area contributed by atoms with Crippen LogP contribution in [-0.2, 0) is 0 Å². The van der Waals surface area contributed by atoms with Gasteiger partial charge < -0.3 is 10.3 Å². The Morgan fingerprint density at radius 1 is 1.20 bits per heavy atom. The van der Waals surface area contributed by atoms with E-state index in [1.807, 2.05) is 30.2 Å². The van der Waals surface area contributed by atoms with Crippen LogP contribution in [0.2, 0.25) is 0 Å². The van der Waals surface area contributed by atoms with Crippen molar-refractivity contribution < 1.29 is 4.39 Å². The van der Waals surface area contributed by atoms with E-state index in [1.54, 1.807) is 12.1 Å². The van der Waals surface area contributed by atoms with Crippen LogP contribution in [0.25, 0.3) is 0 Å². The largest absolute Gasteiger partial charge is 0.305 e. The lowest BCUT2D eigenvalue weighted by Crippen LogP contribution is -2.52. The van der Waals surface area contributed by atoms with Crippen LogP contribution in [0, 0.1) is 62.5 Å². The van der Waals surface area contributed by atoms with Gasteiger partial charge in [-0.05, 0) is 30.3 Å². The summed E-state index contributed by atoms with van der Waals surface area (Å²) in [4.78, 5) is 2.05. The fraction of sp³-hybridized carbons (Fsp3) is 0.368. The van der Waals surface area contributed by atoms with Gasteiger partial charge in [0, 0.05) is 24.9 Å². The molecule has 6 heteroatoms. The van der Waals surface area contributed by atoms with Gasteiger partial charge in [-0.3, -0.25) is 0 Å². The molecule has 0 bridgehead atoms. The second-order valence-electron chi connectivity index (χ2n) is 6.57. The summed E-state index contributed by atoms with van der Waals surface area (Å²) in [7, 11) is 1.93. The number of halogens is 1. The highest BCUT2D eigenvalue weighted by molar-refractivity contribution is 6.00. The molecule has 124 valence electrons. The van der Waals surface area contributed by atoms with E-state index in [-0.39, 0.29) is 11.6 Å². The molecule has 3 atom stereocenters. The quantitative estimate of drug-likeness (QED) is 0.799. The van der Waals surface area contributed by atoms with Gasteiger partial charge in [-0.15, -0.1) is 0 Å². The van der Waals surface area contributed by atoms with E-state index in [1.165, 1.54) is 12.1 Å². The molecule has 1 N–H and O–H groups in total. The summed E-state index contributed by atoms with van der Waals surface area (Å²) in [5.74, 6) is -2.13. The molecule has 0 aromatic heterocycles. The van der Waals surface area contributed by atoms with E-state index in [0.717, 1.165) is 5.57 Å². The van der Waals surface area contributed by atoms with E-state index in [0.29, 0.717) is 18.7 Å². The summed E-state index contributed by atoms with van der Waals surface area (Å²) < 4.78 is 13.4. The first-order chi connectivity index (χ1) is 12.0. The standard InChI is InChI=1S/C19H16FN5/c1-25-7-6-14-15(8-21)18(24)19(10-22,11-23)17(16(14)9-25)12-2-4-13(20)5-3-12/h2-6,15-17,24H,7,9H2,1H3/t15?,16-,17+/m1/s1. The van der Waals surface area contributed by atoms with Crippen molar-refractivity contribution in [2.24, 2.45) is 17.3 Å². The average molecular weight is 333 g/mol. The number of likely N-dealkylation sites (N-methyl/N-ethyl adjacent to an activating group) is 1. The average Bonchev–Trinajstić information content (AvgIpc) is 2.62. The van der Waals surface area contributed by atoms with Crippen LogP contribution in [0.4, 0.5) is 4.39 Å². The summed E-state index contributed by atoms with van der Waals surface area (Å²) in [6, 6.07) is 11.9. The van der Waals surface area contributed by atoms with Crippen molar-refractivity contribution in [1.82, 2.24) is 4.90 Å². The molecule has 1 aliphatic carbocycles. The van der Waals surface area contributed by atoms with Crippen molar-refractivity contribution in [2.45, 2.75) is 5.92 Å². The molecule has 1 saturated carbocycles. The van der Waals surface area contributed by atoms with Gasteiger partial charge in [-0.2, -0.15) is 15.8 Å². The first-order valence-corrected chi connectivity index (χ1v) is 7.93. The van der Waals surface area contributed by atoms with Crippen molar-refractivity contribution >= 4 is 5.71 Å². The molecule has 5 nitrogen and oxygen atoms in total. The van der Waals surface area contributed by atoms with Crippen LogP contribution in [0.3, 0.4) is 0 Å². The molecule has 1 heterocycles. The zero-order valence-corrected chi connectivity index (χ0v) is 13.7. The van der Waals surface area contributed by atoms with Gasteiger partial charge in [0.05, 0.1) is 23.9 Å². The molecule has 1 aromatic carbocycles. The van der Waals surface area contributed by atoms with Gasteiger partial charge in [-0.1, -0.05) is 18.2 Å². The number of hydrogen-bond acceptors (Lipinski definition) is 5. The summed E-state index contributed by atoms with van der Waals surface area (Å²) in [6.45, 7) is 1.23. The van der Waals surface area contributed by atoms with Crippen molar-refractivity contribution in [1.29, 1.82) is 21.2 Å². The Morgan fingerprint density at radius 3 is 2.40 bits per heavy atom. The maximum absolute atomic E-state index is 13.4. The zero-order chi connectivity index (χ0) is 18.2. The maximum atomic E-state index is 13.4. The fourth-order valence-electron chi connectivity index (χ4n) is 4.00. The van der Waals surface area contributed by atoms with Crippen LogP contribution in [0.15, 0.2) is 35.9 Å². The molecule has 0 radical (unpaired) electrons. The van der Waals surface area contributed by atoms with Crippen molar-refractivity contribution in [2.75, 3.05) is 20.1 Å². The van der Waals surface area contributed by atoms with E-state index in [4.69, 9.17) is 5.41 Å². The second-order valence-corrected chi connectivity index (χ2v) is 6.57. The Bertz CT molecular complexity index is 851. The predicted molar refractivity (Wildman–Crippen MR) is 88.7 cm³/mol. The number of fused-ring (bicyclic) bond motifs is 1. The molecule has 1 aromatic rings. The molecule has 3 rings (SSSR count). The Labute approximate surface area is 145 Å². The topological polar surface area (TPSA) is 98.5 Å². The van der Waals surface area contributed by atoms with Crippen molar-refractivity contribution in [3.05, 3.63) is 47.3 Å². The molecule has 0 saturated heterocycles. The van der Waals surface area contributed by atoms with Gasteiger partial charge in [0.1, 0.15) is 11.7 Å². The highest BCUT2D eigenvalue weighted by Gasteiger charge is 2.57. The van der Waals surface area contributed by atoms with Crippen molar-refractivity contribution in [3.8, 4) is 18.2 Å². The Kier molecular flexibility index (Phi) is 4.13. The zero-order valence-electron chi connectivity index (χ0n) is 13.7. The lowest BCUT2D eigenvalue weighted by Gasteiger charge is -2.47. The van der Waals surface area contributed by atoms with Crippen LogP contribution >= 0.6 is 0 Å². The molecule has 2 aliphatic rings. The van der Waals surface area contributed by atoms with E-state index in [2.05, 4.69) is 6.07 Å². The number of hydrogen-bond donors (Lipinski definition) is 1. The van der Waals surface area contributed by atoms with Gasteiger partial charge in [0.25, 0.3) is 0 Å². The highest BCUT2D eigenvalue weighted by atomic mass is 19.1. The van der Waals surface area contributed by atoms with Crippen LogP contribution in [0.1, 0.15) is 11.5 Å². The molecule has 0 amide bonds. The van der Waals surface area contributed by atoms with Gasteiger partial charge in [0.15, 0.2) is 5.41 Å². The molecule has 1 fully saturated rings. The number of benzene rings is 1. The molecule has 25 heavy (non-hydrogen) atoms. The van der Waals surface area contributed by atoms with Gasteiger partial charge >= 0.3 is 0 Å². The SMILES string of the molecule is CN1CC=C2C(C#N)C(=N)C(C#N)(C#N)[C@@H](c3ccc(F)cc3)[C@@H]2C1. The summed E-state index contributed by atoms with van der Waals surface area (Å²) in [6.07, 6.45) is 1.92. The minimum atomic E-state index is -1.74. The number of nitriles is 3. The highest BCUT2D eigenvalue weighted by Crippen LogP contribution is 2.53. The van der Waals surface area contributed by atoms with Crippen molar-refractivity contribution in [3.63, 3.8) is 0 Å². The van der Waals surface area contributed by atoms with Crippen LogP contribution < -0.4 is 0 Å². The summed E-state index contributed by atoms with van der Waals surface area (Å²) in [5, 5.41) is 37.7. The maximum Gasteiger partial charge on any atom is 0.189 e. The van der Waals surface area contributed by atoms with Gasteiger partial charge in [-0.25, -0.2) is 4.39 Å². The third kappa shape index (κ3) is 2.41. The Hall–Kier alpha value is -3.01. The molecular weight excluding hydrogens is 317 g/mol. The lowest BCUT2D eigenvalue weighted by atomic mass is 9.54. The van der Waals surface area contributed by atoms with E-state index in [9.17, 15) is 20.2 Å². The van der Waals surface area contributed by atoms with Crippen LogP contribution in [0.5, 0.6) is 0 Å². The molecule has 0 spiro atoms. The number of nitrogens with one attached hydrogen (secondary N) is 1. The van der Waals surface area contributed by atoms with Gasteiger partial charge in [0.2, 0.25) is 0 Å². The minimum absolute atomic E-state index is 0.179. The summed E-state index contributed by atoms with van der Waals surface area (Å²) >= 11 is 0. The number of rotatable bonds is 1. The summed E-state index contributed by atoms with van der Waals surface area (Å²) in [5.41, 5.74) is -0.488. The molecule has 1 unspecified atom stereocenters.